The van der Waals surface area contributed by atoms with Crippen molar-refractivity contribution in [3.8, 4) is 0 Å². The van der Waals surface area contributed by atoms with Crippen LogP contribution in [0.5, 0.6) is 0 Å². The molecular weight excluding hydrogens is 640 g/mol. The molecule has 1 N–H and O–H groups in total. The molecule has 7 nitrogen and oxygen atoms in total. The molecule has 1 aliphatic carbocycles. The zero-order valence-corrected chi connectivity index (χ0v) is 26.7. The van der Waals surface area contributed by atoms with E-state index in [2.05, 4.69) is 5.32 Å². The van der Waals surface area contributed by atoms with Crippen molar-refractivity contribution in [3.63, 3.8) is 0 Å². The Bertz CT molecular complexity index is 1510. The summed E-state index contributed by atoms with van der Waals surface area (Å²) in [5.41, 5.74) is 1.52. The van der Waals surface area contributed by atoms with E-state index < -0.39 is 28.5 Å². The van der Waals surface area contributed by atoms with E-state index in [0.717, 1.165) is 41.8 Å². The molecule has 3 aromatic carbocycles. The van der Waals surface area contributed by atoms with E-state index in [1.54, 1.807) is 18.2 Å². The van der Waals surface area contributed by atoms with Gasteiger partial charge in [0.25, 0.3) is 0 Å². The van der Waals surface area contributed by atoms with Crippen molar-refractivity contribution in [1.29, 1.82) is 0 Å². The summed E-state index contributed by atoms with van der Waals surface area (Å²) in [6.07, 6.45) is 4.95. The third-order valence-corrected chi connectivity index (χ3v) is 9.31. The van der Waals surface area contributed by atoms with Crippen LogP contribution in [0.1, 0.15) is 36.8 Å². The number of carbonyl (C=O) groups is 2. The minimum atomic E-state index is -3.97. The number of amides is 2. The minimum absolute atomic E-state index is 0.00738. The van der Waals surface area contributed by atoms with E-state index in [1.807, 2.05) is 30.3 Å². The van der Waals surface area contributed by atoms with Gasteiger partial charge in [-0.3, -0.25) is 13.9 Å². The van der Waals surface area contributed by atoms with E-state index >= 15 is 0 Å². The van der Waals surface area contributed by atoms with Crippen molar-refractivity contribution in [2.24, 2.45) is 0 Å². The Kier molecular flexibility index (Phi) is 11.1. The van der Waals surface area contributed by atoms with Crippen LogP contribution < -0.4 is 9.62 Å². The van der Waals surface area contributed by atoms with Crippen molar-refractivity contribution in [1.82, 2.24) is 10.2 Å². The highest BCUT2D eigenvalue weighted by Gasteiger charge is 2.34. The molecule has 3 aromatic rings. The van der Waals surface area contributed by atoms with Gasteiger partial charge in [0, 0.05) is 39.1 Å². The van der Waals surface area contributed by atoms with Crippen molar-refractivity contribution in [2.45, 2.75) is 50.7 Å². The summed E-state index contributed by atoms with van der Waals surface area (Å²) in [7, 11) is -3.97. The largest absolute Gasteiger partial charge is 0.352 e. The van der Waals surface area contributed by atoms with Gasteiger partial charge in [-0.15, -0.1) is 0 Å². The predicted molar refractivity (Wildman–Crippen MR) is 170 cm³/mol. The molecule has 4 rings (SSSR count). The van der Waals surface area contributed by atoms with E-state index in [-0.39, 0.29) is 40.6 Å². The zero-order chi connectivity index (χ0) is 30.4. The smallest absolute Gasteiger partial charge is 0.244 e. The lowest BCUT2D eigenvalue weighted by Gasteiger charge is -2.34. The lowest BCUT2D eigenvalue weighted by atomic mass is 10.0. The molecule has 1 unspecified atom stereocenters. The van der Waals surface area contributed by atoms with Gasteiger partial charge in [0.2, 0.25) is 21.8 Å². The number of hydrogen-bond donors (Lipinski definition) is 1. The maximum Gasteiger partial charge on any atom is 0.244 e. The van der Waals surface area contributed by atoms with E-state index in [0.29, 0.717) is 15.6 Å². The van der Waals surface area contributed by atoms with Crippen molar-refractivity contribution in [2.75, 3.05) is 17.1 Å². The van der Waals surface area contributed by atoms with Crippen LogP contribution in [0.3, 0.4) is 0 Å². The first-order valence-electron chi connectivity index (χ1n) is 13.4. The number of anilines is 1. The monoisotopic (exact) mass is 669 g/mol. The molecule has 0 aromatic heterocycles. The Balaban J connectivity index is 1.76. The lowest BCUT2D eigenvalue weighted by Crippen LogP contribution is -2.54. The van der Waals surface area contributed by atoms with Crippen LogP contribution in [0.15, 0.2) is 66.7 Å². The highest BCUT2D eigenvalue weighted by Crippen LogP contribution is 2.29. The molecule has 0 radical (unpaired) electrons. The molecule has 0 aliphatic heterocycles. The Hall–Kier alpha value is -2.49. The van der Waals surface area contributed by atoms with Crippen LogP contribution in [0.25, 0.3) is 0 Å². The fourth-order valence-electron chi connectivity index (χ4n) is 5.05. The maximum absolute atomic E-state index is 14.2. The molecule has 42 heavy (non-hydrogen) atoms. The number of sulfonamides is 1. The minimum Gasteiger partial charge on any atom is -0.352 e. The first-order chi connectivity index (χ1) is 19.9. The fraction of sp³-hybridized carbons (Fsp3) is 0.333. The Morgan fingerprint density at radius 1 is 0.905 bits per heavy atom. The molecule has 1 aliphatic rings. The molecule has 12 heteroatoms. The van der Waals surface area contributed by atoms with Crippen LogP contribution in [-0.2, 0) is 32.6 Å². The van der Waals surface area contributed by atoms with Crippen LogP contribution in [0.4, 0.5) is 5.69 Å². The number of hydrogen-bond acceptors (Lipinski definition) is 4. The molecule has 0 heterocycles. The lowest BCUT2D eigenvalue weighted by molar-refractivity contribution is -0.140. The number of halogens is 4. The van der Waals surface area contributed by atoms with Gasteiger partial charge in [0.15, 0.2) is 0 Å². The van der Waals surface area contributed by atoms with Crippen molar-refractivity contribution < 1.29 is 18.0 Å². The number of benzene rings is 3. The van der Waals surface area contributed by atoms with Gasteiger partial charge in [0.05, 0.1) is 11.9 Å². The number of rotatable bonds is 11. The summed E-state index contributed by atoms with van der Waals surface area (Å²) in [5.74, 6) is -0.925. The quantitative estimate of drug-likeness (QED) is 0.244. The second-order valence-corrected chi connectivity index (χ2v) is 14.0. The summed E-state index contributed by atoms with van der Waals surface area (Å²) in [6, 6.07) is 17.6. The first-order valence-corrected chi connectivity index (χ1v) is 16.8. The van der Waals surface area contributed by atoms with Gasteiger partial charge in [-0.2, -0.15) is 0 Å². The van der Waals surface area contributed by atoms with Gasteiger partial charge < -0.3 is 10.2 Å². The highest BCUT2D eigenvalue weighted by molar-refractivity contribution is 7.92. The SMILES string of the molecule is CS(=O)(=O)N(CC(=O)N(Cc1ccc(Cl)cc1Cl)C(Cc1ccccc1)C(=O)NC1CCCC1)c1cc(Cl)cc(Cl)c1. The van der Waals surface area contributed by atoms with Crippen LogP contribution >= 0.6 is 46.4 Å². The number of nitrogens with one attached hydrogen (secondary N) is 1. The molecule has 1 atom stereocenters. The van der Waals surface area contributed by atoms with E-state index in [1.165, 1.54) is 23.1 Å². The van der Waals surface area contributed by atoms with Gasteiger partial charge in [-0.25, -0.2) is 8.42 Å². The molecule has 2 amide bonds. The van der Waals surface area contributed by atoms with Crippen LogP contribution in [0.2, 0.25) is 20.1 Å². The third kappa shape index (κ3) is 8.77. The summed E-state index contributed by atoms with van der Waals surface area (Å²) >= 11 is 25.0. The molecule has 1 fully saturated rings. The number of nitrogens with zero attached hydrogens (tertiary/aromatic N) is 2. The zero-order valence-electron chi connectivity index (χ0n) is 22.9. The summed E-state index contributed by atoms with van der Waals surface area (Å²) < 4.78 is 26.8. The molecule has 0 spiro atoms. The molecule has 1 saturated carbocycles. The summed E-state index contributed by atoms with van der Waals surface area (Å²) in [4.78, 5) is 29.5. The fourth-order valence-corrected chi connectivity index (χ4v) is 6.87. The Morgan fingerprint density at radius 3 is 2.14 bits per heavy atom. The second-order valence-electron chi connectivity index (χ2n) is 10.4. The van der Waals surface area contributed by atoms with Gasteiger partial charge in [-0.05, 0) is 54.3 Å². The molecule has 0 bridgehead atoms. The third-order valence-electron chi connectivity index (χ3n) is 7.14. The first kappa shape index (κ1) is 32.4. The molecule has 224 valence electrons. The van der Waals surface area contributed by atoms with Gasteiger partial charge >= 0.3 is 0 Å². The maximum atomic E-state index is 14.2. The average molecular weight is 671 g/mol. The van der Waals surface area contributed by atoms with Crippen LogP contribution in [-0.4, -0.2) is 50.0 Å². The highest BCUT2D eigenvalue weighted by atomic mass is 35.5. The molecular formula is C30H31Cl4N3O4S. The normalized spacial score (nSPS) is 14.4. The van der Waals surface area contributed by atoms with Crippen LogP contribution in [0, 0.1) is 0 Å². The second kappa shape index (κ2) is 14.3. The summed E-state index contributed by atoms with van der Waals surface area (Å²) in [5, 5.41) is 4.27. The van der Waals surface area contributed by atoms with Crippen molar-refractivity contribution >= 4 is 73.9 Å². The predicted octanol–water partition coefficient (Wildman–Crippen LogP) is 6.77. The van der Waals surface area contributed by atoms with E-state index in [4.69, 9.17) is 46.4 Å². The van der Waals surface area contributed by atoms with Crippen molar-refractivity contribution in [3.05, 3.63) is 97.9 Å². The topological polar surface area (TPSA) is 86.8 Å². The Morgan fingerprint density at radius 2 is 1.55 bits per heavy atom. The Labute approximate surface area is 266 Å². The summed E-state index contributed by atoms with van der Waals surface area (Å²) in [6.45, 7) is -0.652. The van der Waals surface area contributed by atoms with Gasteiger partial charge in [0.1, 0.15) is 12.6 Å². The van der Waals surface area contributed by atoms with E-state index in [9.17, 15) is 18.0 Å². The standard InChI is InChI=1S/C30H31Cl4N3O4S/c1-42(40,41)37(26-15-23(32)14-24(33)16-26)19-29(38)36(18-21-11-12-22(31)17-27(21)34)28(13-20-7-3-2-4-8-20)30(39)35-25-9-5-6-10-25/h2-4,7-8,11-12,14-17,25,28H,5-6,9-10,13,18-19H2,1H3,(H,35,39). The number of carbonyl (C=O) groups excluding carboxylic acids is 2. The average Bonchev–Trinajstić information content (AvgIpc) is 3.42. The molecule has 0 saturated heterocycles. The van der Waals surface area contributed by atoms with Gasteiger partial charge in [-0.1, -0.05) is 95.6 Å².